The summed E-state index contributed by atoms with van der Waals surface area (Å²) < 4.78 is 4.85. The van der Waals surface area contributed by atoms with Gasteiger partial charge >= 0.3 is 5.97 Å². The van der Waals surface area contributed by atoms with Gasteiger partial charge in [-0.1, -0.05) is 12.1 Å². The number of hydrazone groups is 1. The summed E-state index contributed by atoms with van der Waals surface area (Å²) in [6.07, 6.45) is 0.203. The molecular weight excluding hydrogens is 258 g/mol. The van der Waals surface area contributed by atoms with Crippen LogP contribution in [0.15, 0.2) is 29.4 Å². The van der Waals surface area contributed by atoms with Gasteiger partial charge in [0.05, 0.1) is 18.7 Å². The van der Waals surface area contributed by atoms with E-state index in [1.54, 1.807) is 37.3 Å². The Morgan fingerprint density at radius 2 is 2.15 bits per heavy atom. The molecule has 0 saturated heterocycles. The van der Waals surface area contributed by atoms with Gasteiger partial charge < -0.3 is 10.5 Å². The predicted molar refractivity (Wildman–Crippen MR) is 75.4 cm³/mol. The molecule has 1 rings (SSSR count). The van der Waals surface area contributed by atoms with Crippen LogP contribution in [0.1, 0.15) is 12.5 Å². The second kappa shape index (κ2) is 7.53. The number of carbonyl (C=O) groups is 1. The van der Waals surface area contributed by atoms with Crippen molar-refractivity contribution in [1.29, 1.82) is 10.7 Å². The van der Waals surface area contributed by atoms with Crippen molar-refractivity contribution in [3.63, 3.8) is 0 Å². The van der Waals surface area contributed by atoms with Crippen LogP contribution >= 0.6 is 0 Å². The first-order valence-electron chi connectivity index (χ1n) is 5.89. The molecule has 0 fully saturated rings. The number of nitrogens with two attached hydrogens (primary N) is 1. The molecule has 0 unspecified atom stereocenters. The van der Waals surface area contributed by atoms with Crippen LogP contribution in [0.25, 0.3) is 0 Å². The molecule has 0 radical (unpaired) electrons. The third kappa shape index (κ3) is 4.78. The molecule has 0 aliphatic rings. The van der Waals surface area contributed by atoms with E-state index >= 15 is 0 Å². The molecule has 0 spiro atoms. The van der Waals surface area contributed by atoms with E-state index in [-0.39, 0.29) is 18.1 Å². The Bertz CT molecular complexity index is 557. The highest BCUT2D eigenvalue weighted by atomic mass is 16.5. The van der Waals surface area contributed by atoms with E-state index in [2.05, 4.69) is 10.5 Å². The van der Waals surface area contributed by atoms with Gasteiger partial charge in [-0.2, -0.15) is 10.4 Å². The molecule has 0 amide bonds. The van der Waals surface area contributed by atoms with E-state index in [1.807, 2.05) is 0 Å². The van der Waals surface area contributed by atoms with Crippen molar-refractivity contribution in [3.05, 3.63) is 29.8 Å². The number of amidine groups is 1. The highest BCUT2D eigenvalue weighted by molar-refractivity contribution is 6.45. The summed E-state index contributed by atoms with van der Waals surface area (Å²) in [5, 5.41) is 19.5. The normalized spacial score (nSPS) is 10.5. The van der Waals surface area contributed by atoms with Crippen molar-refractivity contribution in [1.82, 2.24) is 0 Å². The van der Waals surface area contributed by atoms with Crippen LogP contribution in [0.4, 0.5) is 5.69 Å². The standard InChI is InChI=1S/C13H15N5O2/c1-2-20-12(19)7-9-3-5-10(6-4-9)17-18-11(8-14)13(15)16/h3-6,17H,2,7H2,1H3,(H3,15,16)/b18-11+. The van der Waals surface area contributed by atoms with Gasteiger partial charge in [-0.25, -0.2) is 0 Å². The average Bonchev–Trinajstić information content (AvgIpc) is 2.41. The minimum Gasteiger partial charge on any atom is -0.466 e. The van der Waals surface area contributed by atoms with Gasteiger partial charge in [0.2, 0.25) is 5.71 Å². The lowest BCUT2D eigenvalue weighted by Crippen LogP contribution is -2.21. The minimum atomic E-state index is -0.404. The topological polar surface area (TPSA) is 124 Å². The summed E-state index contributed by atoms with van der Waals surface area (Å²) in [7, 11) is 0. The highest BCUT2D eigenvalue weighted by Crippen LogP contribution is 2.10. The largest absolute Gasteiger partial charge is 0.466 e. The van der Waals surface area contributed by atoms with Crippen LogP contribution in [-0.4, -0.2) is 24.1 Å². The molecule has 0 bridgehead atoms. The molecule has 0 aliphatic carbocycles. The van der Waals surface area contributed by atoms with Crippen LogP contribution in [0.3, 0.4) is 0 Å². The Kier molecular flexibility index (Phi) is 5.72. The molecule has 1 aromatic carbocycles. The van der Waals surface area contributed by atoms with Crippen molar-refractivity contribution in [2.45, 2.75) is 13.3 Å². The first-order chi connectivity index (χ1) is 9.56. The van der Waals surface area contributed by atoms with Crippen molar-refractivity contribution >= 4 is 23.2 Å². The number of rotatable bonds is 6. The third-order valence-corrected chi connectivity index (χ3v) is 2.27. The van der Waals surface area contributed by atoms with Crippen LogP contribution < -0.4 is 11.2 Å². The fourth-order valence-electron chi connectivity index (χ4n) is 1.34. The van der Waals surface area contributed by atoms with Gasteiger partial charge in [0.25, 0.3) is 0 Å². The van der Waals surface area contributed by atoms with E-state index in [0.29, 0.717) is 12.3 Å². The number of esters is 1. The van der Waals surface area contributed by atoms with Crippen LogP contribution in [0.2, 0.25) is 0 Å². The smallest absolute Gasteiger partial charge is 0.310 e. The summed E-state index contributed by atoms with van der Waals surface area (Å²) in [5.41, 5.74) is 9.00. The molecule has 0 saturated carbocycles. The van der Waals surface area contributed by atoms with Crippen molar-refractivity contribution in [2.75, 3.05) is 12.0 Å². The number of anilines is 1. The van der Waals surface area contributed by atoms with Crippen molar-refractivity contribution in [2.24, 2.45) is 10.8 Å². The summed E-state index contributed by atoms with van der Waals surface area (Å²) in [6, 6.07) is 8.59. The monoisotopic (exact) mass is 273 g/mol. The molecule has 7 heteroatoms. The summed E-state index contributed by atoms with van der Waals surface area (Å²) in [5.74, 6) is -0.687. The zero-order chi connectivity index (χ0) is 15.0. The second-order valence-corrected chi connectivity index (χ2v) is 3.78. The number of nitrogens with one attached hydrogen (secondary N) is 2. The molecule has 1 aromatic rings. The van der Waals surface area contributed by atoms with E-state index in [9.17, 15) is 4.79 Å². The van der Waals surface area contributed by atoms with E-state index in [1.165, 1.54) is 0 Å². The highest BCUT2D eigenvalue weighted by Gasteiger charge is 2.04. The Hall–Kier alpha value is -2.88. The maximum Gasteiger partial charge on any atom is 0.310 e. The lowest BCUT2D eigenvalue weighted by Gasteiger charge is -2.04. The number of nitrogens with zero attached hydrogens (tertiary/aromatic N) is 2. The fraction of sp³-hybridized carbons (Fsp3) is 0.231. The molecule has 104 valence electrons. The lowest BCUT2D eigenvalue weighted by molar-refractivity contribution is -0.142. The number of ether oxygens (including phenoxy) is 1. The summed E-state index contributed by atoms with van der Waals surface area (Å²) >= 11 is 0. The zero-order valence-electron chi connectivity index (χ0n) is 11.0. The van der Waals surface area contributed by atoms with Gasteiger partial charge in [0.1, 0.15) is 6.07 Å². The number of carbonyl (C=O) groups excluding carboxylic acids is 1. The minimum absolute atomic E-state index is 0.194. The van der Waals surface area contributed by atoms with E-state index in [0.717, 1.165) is 5.56 Å². The van der Waals surface area contributed by atoms with Crippen LogP contribution in [0, 0.1) is 16.7 Å². The van der Waals surface area contributed by atoms with Gasteiger partial charge in [-0.05, 0) is 24.6 Å². The first-order valence-corrected chi connectivity index (χ1v) is 5.89. The molecule has 0 heterocycles. The first kappa shape index (κ1) is 15.2. The number of hydrogen-bond donors (Lipinski definition) is 3. The molecule has 20 heavy (non-hydrogen) atoms. The predicted octanol–water partition coefficient (Wildman–Crippen LogP) is 1.02. The molecular formula is C13H15N5O2. The van der Waals surface area contributed by atoms with E-state index in [4.69, 9.17) is 21.1 Å². The molecule has 7 nitrogen and oxygen atoms in total. The fourth-order valence-corrected chi connectivity index (χ4v) is 1.34. The number of benzene rings is 1. The average molecular weight is 273 g/mol. The van der Waals surface area contributed by atoms with E-state index < -0.39 is 5.84 Å². The Balaban J connectivity index is 2.66. The van der Waals surface area contributed by atoms with Gasteiger partial charge in [0, 0.05) is 0 Å². The Morgan fingerprint density at radius 3 is 2.65 bits per heavy atom. The second-order valence-electron chi connectivity index (χ2n) is 3.78. The Labute approximate surface area is 116 Å². The summed E-state index contributed by atoms with van der Waals surface area (Å²) in [4.78, 5) is 11.3. The SMILES string of the molecule is CCOC(=O)Cc1ccc(N/N=C(\C#N)C(=N)N)cc1. The Morgan fingerprint density at radius 1 is 1.50 bits per heavy atom. The maximum atomic E-state index is 11.3. The maximum absolute atomic E-state index is 11.3. The number of hydrogen-bond acceptors (Lipinski definition) is 6. The van der Waals surface area contributed by atoms with Crippen LogP contribution in [-0.2, 0) is 16.0 Å². The van der Waals surface area contributed by atoms with Crippen molar-refractivity contribution < 1.29 is 9.53 Å². The van der Waals surface area contributed by atoms with Gasteiger partial charge in [-0.15, -0.1) is 0 Å². The molecule has 0 aliphatic heterocycles. The van der Waals surface area contributed by atoms with Gasteiger partial charge in [-0.3, -0.25) is 15.6 Å². The van der Waals surface area contributed by atoms with Crippen LogP contribution in [0.5, 0.6) is 0 Å². The molecule has 0 atom stereocenters. The zero-order valence-corrected chi connectivity index (χ0v) is 11.0. The molecule has 0 aromatic heterocycles. The quantitative estimate of drug-likeness (QED) is 0.309. The number of nitriles is 1. The summed E-state index contributed by atoms with van der Waals surface area (Å²) in [6.45, 7) is 2.11. The van der Waals surface area contributed by atoms with Crippen molar-refractivity contribution in [3.8, 4) is 6.07 Å². The third-order valence-electron chi connectivity index (χ3n) is 2.27. The molecule has 4 N–H and O–H groups in total. The van der Waals surface area contributed by atoms with Gasteiger partial charge in [0.15, 0.2) is 5.84 Å². The lowest BCUT2D eigenvalue weighted by atomic mass is 10.1.